The SMILES string of the molecule is Cn1nc(-c2ccc(OCc3ccccc3)nc2OCc2ccccc2)c2cccc(N3CCN(C(=O)OC(C)(C)C)C[C@H]3C(F)(F)F)c21. The zero-order valence-electron chi connectivity index (χ0n) is 27.8. The number of hydrogen-bond acceptors (Lipinski definition) is 7. The number of hydrogen-bond donors (Lipinski definition) is 0. The van der Waals surface area contributed by atoms with Crippen LogP contribution in [-0.2, 0) is 25.0 Å². The molecule has 0 N–H and O–H groups in total. The van der Waals surface area contributed by atoms with Gasteiger partial charge in [-0.25, -0.2) is 4.79 Å². The lowest BCUT2D eigenvalue weighted by molar-refractivity contribution is -0.155. The summed E-state index contributed by atoms with van der Waals surface area (Å²) in [6, 6.07) is 26.1. The van der Waals surface area contributed by atoms with Crippen LogP contribution in [0.15, 0.2) is 91.0 Å². The minimum Gasteiger partial charge on any atom is -0.473 e. The molecule has 1 fully saturated rings. The highest BCUT2D eigenvalue weighted by atomic mass is 19.4. The monoisotopic (exact) mass is 673 g/mol. The molecule has 0 bridgehead atoms. The van der Waals surface area contributed by atoms with Crippen LogP contribution >= 0.6 is 0 Å². The van der Waals surface area contributed by atoms with Crippen LogP contribution in [0.2, 0.25) is 0 Å². The van der Waals surface area contributed by atoms with Gasteiger partial charge in [0.1, 0.15) is 30.6 Å². The highest BCUT2D eigenvalue weighted by molar-refractivity contribution is 6.01. The average molecular weight is 674 g/mol. The highest BCUT2D eigenvalue weighted by Gasteiger charge is 2.48. The van der Waals surface area contributed by atoms with E-state index >= 15 is 0 Å². The number of anilines is 1. The van der Waals surface area contributed by atoms with Crippen LogP contribution in [0.3, 0.4) is 0 Å². The number of halogens is 3. The number of fused-ring (bicyclic) bond motifs is 1. The molecule has 0 spiro atoms. The lowest BCUT2D eigenvalue weighted by atomic mass is 10.1. The summed E-state index contributed by atoms with van der Waals surface area (Å²) in [7, 11) is 1.70. The molecule has 1 aliphatic heterocycles. The molecule has 5 aromatic rings. The van der Waals surface area contributed by atoms with Crippen LogP contribution in [0.25, 0.3) is 22.2 Å². The number of piperazine rings is 1. The molecule has 3 aromatic carbocycles. The number of aromatic nitrogens is 3. The zero-order chi connectivity index (χ0) is 34.8. The summed E-state index contributed by atoms with van der Waals surface area (Å²) in [6.45, 7) is 5.03. The largest absolute Gasteiger partial charge is 0.473 e. The van der Waals surface area contributed by atoms with Gasteiger partial charge in [0.15, 0.2) is 0 Å². The molecule has 1 saturated heterocycles. The molecule has 12 heteroatoms. The second-order valence-corrected chi connectivity index (χ2v) is 12.9. The second kappa shape index (κ2) is 13.7. The average Bonchev–Trinajstić information content (AvgIpc) is 3.42. The van der Waals surface area contributed by atoms with Crippen molar-refractivity contribution in [2.75, 3.05) is 24.5 Å². The zero-order valence-corrected chi connectivity index (χ0v) is 27.8. The maximum absolute atomic E-state index is 14.6. The van der Waals surface area contributed by atoms with Crippen molar-refractivity contribution < 1.29 is 32.2 Å². The smallest absolute Gasteiger partial charge is 0.410 e. The van der Waals surface area contributed by atoms with Gasteiger partial charge in [0, 0.05) is 31.6 Å². The van der Waals surface area contributed by atoms with Crippen LogP contribution in [-0.4, -0.2) is 63.2 Å². The van der Waals surface area contributed by atoms with E-state index in [1.54, 1.807) is 56.8 Å². The summed E-state index contributed by atoms with van der Waals surface area (Å²) >= 11 is 0. The second-order valence-electron chi connectivity index (χ2n) is 12.9. The number of ether oxygens (including phenoxy) is 3. The first-order chi connectivity index (χ1) is 23.4. The first-order valence-electron chi connectivity index (χ1n) is 16.0. The number of carbonyl (C=O) groups is 1. The molecule has 3 heterocycles. The summed E-state index contributed by atoms with van der Waals surface area (Å²) in [6.07, 6.45) is -5.39. The van der Waals surface area contributed by atoms with E-state index in [1.165, 1.54) is 4.90 Å². The van der Waals surface area contributed by atoms with Crippen molar-refractivity contribution in [2.24, 2.45) is 7.05 Å². The summed E-state index contributed by atoms with van der Waals surface area (Å²) < 4.78 is 63.1. The van der Waals surface area contributed by atoms with E-state index in [0.29, 0.717) is 40.3 Å². The Balaban J connectivity index is 1.35. The van der Waals surface area contributed by atoms with Gasteiger partial charge in [-0.1, -0.05) is 72.8 Å². The normalized spacial score (nSPS) is 15.4. The fraction of sp³-hybridized carbons (Fsp3) is 0.324. The minimum absolute atomic E-state index is 0.0521. The van der Waals surface area contributed by atoms with Gasteiger partial charge in [0.05, 0.1) is 23.3 Å². The van der Waals surface area contributed by atoms with Crippen LogP contribution in [0, 0.1) is 0 Å². The molecule has 0 aliphatic carbocycles. The Bertz CT molecular complexity index is 1910. The van der Waals surface area contributed by atoms with Crippen molar-refractivity contribution in [1.82, 2.24) is 19.7 Å². The number of alkyl halides is 3. The number of amides is 1. The molecule has 0 radical (unpaired) electrons. The summed E-state index contributed by atoms with van der Waals surface area (Å²) in [5, 5.41) is 5.41. The van der Waals surface area contributed by atoms with Crippen molar-refractivity contribution >= 4 is 22.7 Å². The maximum atomic E-state index is 14.6. The summed E-state index contributed by atoms with van der Waals surface area (Å²) in [5.41, 5.74) is 3.01. The van der Waals surface area contributed by atoms with Crippen molar-refractivity contribution in [1.29, 1.82) is 0 Å². The van der Waals surface area contributed by atoms with Gasteiger partial charge in [-0.15, -0.1) is 0 Å². The Morgan fingerprint density at radius 2 is 1.49 bits per heavy atom. The topological polar surface area (TPSA) is 82.0 Å². The molecular weight excluding hydrogens is 635 g/mol. The number of benzene rings is 3. The van der Waals surface area contributed by atoms with Crippen molar-refractivity contribution in [3.05, 3.63) is 102 Å². The van der Waals surface area contributed by atoms with E-state index in [-0.39, 0.29) is 25.6 Å². The maximum Gasteiger partial charge on any atom is 0.410 e. The predicted octanol–water partition coefficient (Wildman–Crippen LogP) is 7.78. The van der Waals surface area contributed by atoms with Crippen LogP contribution in [0.4, 0.5) is 23.7 Å². The number of aryl methyl sites for hydroxylation is 1. The molecular formula is C37H38F3N5O4. The molecule has 1 aliphatic rings. The quantitative estimate of drug-likeness (QED) is 0.166. The van der Waals surface area contributed by atoms with Gasteiger partial charge >= 0.3 is 12.3 Å². The first-order valence-corrected chi connectivity index (χ1v) is 16.0. The molecule has 0 unspecified atom stereocenters. The van der Waals surface area contributed by atoms with Crippen molar-refractivity contribution in [3.8, 4) is 23.0 Å². The third kappa shape index (κ3) is 7.74. The summed E-state index contributed by atoms with van der Waals surface area (Å²) in [5.74, 6) is 0.631. The molecule has 1 atom stereocenters. The third-order valence-electron chi connectivity index (χ3n) is 8.10. The molecule has 9 nitrogen and oxygen atoms in total. The van der Waals surface area contributed by atoms with Crippen molar-refractivity contribution in [3.63, 3.8) is 0 Å². The highest BCUT2D eigenvalue weighted by Crippen LogP contribution is 2.40. The number of carbonyl (C=O) groups excluding carboxylic acids is 1. The number of rotatable bonds is 8. The van der Waals surface area contributed by atoms with Gasteiger partial charge in [0.25, 0.3) is 0 Å². The van der Waals surface area contributed by atoms with E-state index in [2.05, 4.69) is 0 Å². The Kier molecular flexibility index (Phi) is 9.40. The molecule has 0 saturated carbocycles. The van der Waals surface area contributed by atoms with Gasteiger partial charge < -0.3 is 24.0 Å². The van der Waals surface area contributed by atoms with E-state index in [9.17, 15) is 18.0 Å². The molecule has 6 rings (SSSR count). The third-order valence-corrected chi connectivity index (χ3v) is 8.10. The Morgan fingerprint density at radius 1 is 0.837 bits per heavy atom. The van der Waals surface area contributed by atoms with E-state index in [1.807, 2.05) is 66.7 Å². The van der Waals surface area contributed by atoms with E-state index < -0.39 is 30.5 Å². The minimum atomic E-state index is -4.62. The number of pyridine rings is 1. The summed E-state index contributed by atoms with van der Waals surface area (Å²) in [4.78, 5) is 19.9. The van der Waals surface area contributed by atoms with E-state index in [4.69, 9.17) is 24.3 Å². The van der Waals surface area contributed by atoms with Gasteiger partial charge in [-0.3, -0.25) is 4.68 Å². The Labute approximate surface area is 282 Å². The first kappa shape index (κ1) is 33.6. The molecule has 2 aromatic heterocycles. The Hall–Kier alpha value is -5.26. The van der Waals surface area contributed by atoms with Gasteiger partial charge in [0.2, 0.25) is 11.8 Å². The van der Waals surface area contributed by atoms with Crippen molar-refractivity contribution in [2.45, 2.75) is 51.8 Å². The standard InChI is InChI=1S/C37H38F3N5O4/c1-36(2,3)49-35(46)44-20-21-45(30(22-44)37(38,39)40)29-17-11-16-27-32(42-43(4)33(27)29)28-18-19-31(47-23-25-12-7-5-8-13-25)41-34(28)48-24-26-14-9-6-10-15-26/h5-19,30H,20-24H2,1-4H3/t30-/m0/s1. The van der Waals surface area contributed by atoms with Crippen LogP contribution < -0.4 is 14.4 Å². The van der Waals surface area contributed by atoms with Gasteiger partial charge in [-0.05, 0) is 44.0 Å². The Morgan fingerprint density at radius 3 is 2.12 bits per heavy atom. The van der Waals surface area contributed by atoms with Gasteiger partial charge in [-0.2, -0.15) is 23.3 Å². The number of nitrogens with zero attached hydrogens (tertiary/aromatic N) is 5. The predicted molar refractivity (Wildman–Crippen MR) is 180 cm³/mol. The van der Waals surface area contributed by atoms with Crippen LogP contribution in [0.1, 0.15) is 31.9 Å². The molecule has 256 valence electrons. The fourth-order valence-electron chi connectivity index (χ4n) is 5.84. The fourth-order valence-corrected chi connectivity index (χ4v) is 5.84. The van der Waals surface area contributed by atoms with Crippen LogP contribution in [0.5, 0.6) is 11.8 Å². The lowest BCUT2D eigenvalue weighted by Gasteiger charge is -2.43. The molecule has 49 heavy (non-hydrogen) atoms. The number of para-hydroxylation sites is 1. The van der Waals surface area contributed by atoms with E-state index in [0.717, 1.165) is 16.0 Å². The lowest BCUT2D eigenvalue weighted by Crippen LogP contribution is -2.60. The molecule has 1 amide bonds.